The van der Waals surface area contributed by atoms with Gasteiger partial charge in [-0.2, -0.15) is 0 Å². The van der Waals surface area contributed by atoms with Crippen LogP contribution in [0, 0.1) is 0 Å². The van der Waals surface area contributed by atoms with E-state index in [9.17, 15) is 4.79 Å². The van der Waals surface area contributed by atoms with Gasteiger partial charge in [-0.1, -0.05) is 41.7 Å². The van der Waals surface area contributed by atoms with E-state index >= 15 is 0 Å². The molecule has 24 heavy (non-hydrogen) atoms. The molecule has 1 aliphatic rings. The first-order valence-corrected chi connectivity index (χ1v) is 8.73. The van der Waals surface area contributed by atoms with Crippen molar-refractivity contribution in [3.63, 3.8) is 0 Å². The molecule has 0 saturated carbocycles. The smallest absolute Gasteiger partial charge is 0.283 e. The molecule has 0 bridgehead atoms. The lowest BCUT2D eigenvalue weighted by Gasteiger charge is -2.38. The number of hydrogen-bond donors (Lipinski definition) is 0. The van der Waals surface area contributed by atoms with Gasteiger partial charge in [0.25, 0.3) is 5.91 Å². The van der Waals surface area contributed by atoms with E-state index in [4.69, 9.17) is 4.74 Å². The van der Waals surface area contributed by atoms with Gasteiger partial charge in [-0.15, -0.1) is 0 Å². The molecule has 1 amide bonds. The minimum absolute atomic E-state index is 0.0152. The van der Waals surface area contributed by atoms with Gasteiger partial charge in [0.15, 0.2) is 5.01 Å². The molecule has 0 spiro atoms. The maximum Gasteiger partial charge on any atom is 0.283 e. The van der Waals surface area contributed by atoms with Crippen LogP contribution in [0.15, 0.2) is 48.7 Å². The minimum atomic E-state index is -0.0881. The highest BCUT2D eigenvalue weighted by Crippen LogP contribution is 2.29. The molecular formula is C18H17N3O2S. The van der Waals surface area contributed by atoms with E-state index in [0.29, 0.717) is 18.2 Å². The van der Waals surface area contributed by atoms with Crippen LogP contribution >= 0.6 is 11.3 Å². The number of nitrogens with zero attached hydrogens (tertiary/aromatic N) is 3. The second-order valence-corrected chi connectivity index (χ2v) is 6.85. The second kappa shape index (κ2) is 6.30. The van der Waals surface area contributed by atoms with Crippen LogP contribution in [0.4, 0.5) is 0 Å². The Morgan fingerprint density at radius 3 is 2.88 bits per heavy atom. The van der Waals surface area contributed by atoms with Crippen molar-refractivity contribution in [2.24, 2.45) is 0 Å². The van der Waals surface area contributed by atoms with Gasteiger partial charge in [0.2, 0.25) is 0 Å². The number of thiazole rings is 1. The first kappa shape index (κ1) is 15.2. The summed E-state index contributed by atoms with van der Waals surface area (Å²) in [6.45, 7) is 3.04. The van der Waals surface area contributed by atoms with Gasteiger partial charge >= 0.3 is 0 Å². The van der Waals surface area contributed by atoms with Crippen molar-refractivity contribution < 1.29 is 9.53 Å². The SMILES string of the molecule is C[C@H]1CN(C(=O)c2nc3cccnc3s2)[C@H](c2ccccc2)CO1. The molecule has 1 fully saturated rings. The molecule has 0 radical (unpaired) electrons. The fourth-order valence-corrected chi connectivity index (χ4v) is 3.83. The summed E-state index contributed by atoms with van der Waals surface area (Å²) in [5.74, 6) is -0.0537. The number of pyridine rings is 1. The molecule has 1 saturated heterocycles. The van der Waals surface area contributed by atoms with Crippen LogP contribution in [0.2, 0.25) is 0 Å². The van der Waals surface area contributed by atoms with Crippen molar-refractivity contribution >= 4 is 27.6 Å². The number of carbonyl (C=O) groups is 1. The van der Waals surface area contributed by atoms with Crippen LogP contribution in [0.1, 0.15) is 28.3 Å². The van der Waals surface area contributed by atoms with Gasteiger partial charge in [0.1, 0.15) is 10.3 Å². The molecular weight excluding hydrogens is 322 g/mol. The third kappa shape index (κ3) is 2.79. The van der Waals surface area contributed by atoms with Gasteiger partial charge in [-0.3, -0.25) is 4.79 Å². The average molecular weight is 339 g/mol. The summed E-state index contributed by atoms with van der Waals surface area (Å²) in [4.78, 5) is 24.5. The molecule has 4 rings (SSSR count). The molecule has 0 N–H and O–H groups in total. The van der Waals surface area contributed by atoms with Crippen molar-refractivity contribution in [1.29, 1.82) is 0 Å². The van der Waals surface area contributed by atoms with E-state index in [1.807, 2.05) is 54.3 Å². The van der Waals surface area contributed by atoms with E-state index in [-0.39, 0.29) is 18.1 Å². The van der Waals surface area contributed by atoms with Crippen molar-refractivity contribution in [3.05, 3.63) is 59.2 Å². The van der Waals surface area contributed by atoms with Crippen LogP contribution < -0.4 is 0 Å². The normalized spacial score (nSPS) is 21.1. The molecule has 3 aromatic rings. The lowest BCUT2D eigenvalue weighted by atomic mass is 10.0. The fourth-order valence-electron chi connectivity index (χ4n) is 2.96. The van der Waals surface area contributed by atoms with Crippen LogP contribution in [-0.2, 0) is 4.74 Å². The van der Waals surface area contributed by atoms with Crippen molar-refractivity contribution in [2.45, 2.75) is 19.1 Å². The van der Waals surface area contributed by atoms with Gasteiger partial charge in [-0.05, 0) is 24.6 Å². The second-order valence-electron chi connectivity index (χ2n) is 5.87. The number of morpholine rings is 1. The zero-order chi connectivity index (χ0) is 16.5. The van der Waals surface area contributed by atoms with Gasteiger partial charge < -0.3 is 9.64 Å². The molecule has 2 atom stereocenters. The highest BCUT2D eigenvalue weighted by Gasteiger charge is 2.33. The lowest BCUT2D eigenvalue weighted by Crippen LogP contribution is -2.46. The summed E-state index contributed by atoms with van der Waals surface area (Å²) in [5.41, 5.74) is 1.85. The van der Waals surface area contributed by atoms with Crippen LogP contribution in [0.25, 0.3) is 10.3 Å². The summed E-state index contributed by atoms with van der Waals surface area (Å²) in [6, 6.07) is 13.6. The molecule has 0 aliphatic carbocycles. The number of aromatic nitrogens is 2. The van der Waals surface area contributed by atoms with E-state index in [1.165, 1.54) is 11.3 Å². The van der Waals surface area contributed by atoms with Gasteiger partial charge in [-0.25, -0.2) is 9.97 Å². The summed E-state index contributed by atoms with van der Waals surface area (Å²) in [6.07, 6.45) is 1.74. The summed E-state index contributed by atoms with van der Waals surface area (Å²) in [7, 11) is 0. The zero-order valence-electron chi connectivity index (χ0n) is 13.3. The molecule has 122 valence electrons. The van der Waals surface area contributed by atoms with E-state index in [0.717, 1.165) is 15.9 Å². The molecule has 1 aliphatic heterocycles. The van der Waals surface area contributed by atoms with Crippen molar-refractivity contribution in [3.8, 4) is 0 Å². The maximum atomic E-state index is 13.1. The first-order valence-electron chi connectivity index (χ1n) is 7.91. The van der Waals surface area contributed by atoms with Crippen molar-refractivity contribution in [2.75, 3.05) is 13.2 Å². The number of ether oxygens (including phenoxy) is 1. The fraction of sp³-hybridized carbons (Fsp3) is 0.278. The van der Waals surface area contributed by atoms with E-state index < -0.39 is 0 Å². The lowest BCUT2D eigenvalue weighted by molar-refractivity contribution is -0.0447. The Hall–Kier alpha value is -2.31. The van der Waals surface area contributed by atoms with Gasteiger partial charge in [0.05, 0.1) is 18.8 Å². The predicted molar refractivity (Wildman–Crippen MR) is 93.0 cm³/mol. The Labute approximate surface area is 143 Å². The highest BCUT2D eigenvalue weighted by atomic mass is 32.1. The molecule has 5 nitrogen and oxygen atoms in total. The molecule has 6 heteroatoms. The largest absolute Gasteiger partial charge is 0.374 e. The molecule has 2 aromatic heterocycles. The number of carbonyl (C=O) groups excluding carboxylic acids is 1. The molecule has 3 heterocycles. The average Bonchev–Trinajstić information content (AvgIpc) is 3.06. The third-order valence-corrected chi connectivity index (χ3v) is 5.13. The Morgan fingerprint density at radius 2 is 2.08 bits per heavy atom. The Morgan fingerprint density at radius 1 is 1.25 bits per heavy atom. The van der Waals surface area contributed by atoms with Gasteiger partial charge in [0, 0.05) is 12.7 Å². The quantitative estimate of drug-likeness (QED) is 0.719. The monoisotopic (exact) mass is 339 g/mol. The molecule has 1 aromatic carbocycles. The number of benzene rings is 1. The highest BCUT2D eigenvalue weighted by molar-refractivity contribution is 7.19. The Balaban J connectivity index is 1.69. The minimum Gasteiger partial charge on any atom is -0.374 e. The van der Waals surface area contributed by atoms with E-state index in [1.54, 1.807) is 6.20 Å². The summed E-state index contributed by atoms with van der Waals surface area (Å²) in [5, 5.41) is 0.485. The van der Waals surface area contributed by atoms with Crippen molar-refractivity contribution in [1.82, 2.24) is 14.9 Å². The first-order chi connectivity index (χ1) is 11.7. The third-order valence-electron chi connectivity index (χ3n) is 4.16. The van der Waals surface area contributed by atoms with Crippen LogP contribution in [-0.4, -0.2) is 40.0 Å². The number of fused-ring (bicyclic) bond motifs is 1. The topological polar surface area (TPSA) is 55.3 Å². The standard InChI is InChI=1S/C18H17N3O2S/c1-12-10-21(15(11-23-12)13-6-3-2-4-7-13)18(22)17-20-14-8-5-9-19-16(14)24-17/h2-9,12,15H,10-11H2,1H3/t12-,15-/m0/s1. The number of rotatable bonds is 2. The Bertz CT molecular complexity index is 832. The van der Waals surface area contributed by atoms with E-state index in [2.05, 4.69) is 9.97 Å². The summed E-state index contributed by atoms with van der Waals surface area (Å²) >= 11 is 1.34. The predicted octanol–water partition coefficient (Wildman–Crippen LogP) is 3.29. The zero-order valence-corrected chi connectivity index (χ0v) is 14.1. The Kier molecular flexibility index (Phi) is 4.00. The maximum absolute atomic E-state index is 13.1. The van der Waals surface area contributed by atoms with Crippen LogP contribution in [0.3, 0.4) is 0 Å². The number of amides is 1. The number of hydrogen-bond acceptors (Lipinski definition) is 5. The van der Waals surface area contributed by atoms with Crippen LogP contribution in [0.5, 0.6) is 0 Å². The molecule has 0 unspecified atom stereocenters. The summed E-state index contributed by atoms with van der Waals surface area (Å²) < 4.78 is 5.80.